The van der Waals surface area contributed by atoms with E-state index in [1.807, 2.05) is 31.5 Å². The summed E-state index contributed by atoms with van der Waals surface area (Å²) in [7, 11) is 1.82. The Morgan fingerprint density at radius 3 is 2.92 bits per heavy atom. The Kier molecular flexibility index (Phi) is 1.64. The van der Waals surface area contributed by atoms with Crippen LogP contribution in [0.1, 0.15) is 5.56 Å². The van der Waals surface area contributed by atoms with Gasteiger partial charge in [-0.1, -0.05) is 35.3 Å². The molecule has 1 N–H and O–H groups in total. The molecule has 1 aliphatic heterocycles. The van der Waals surface area contributed by atoms with Crippen LogP contribution >= 0.6 is 0 Å². The molecule has 0 aliphatic carbocycles. The van der Waals surface area contributed by atoms with Gasteiger partial charge in [-0.3, -0.25) is 4.79 Å². The summed E-state index contributed by atoms with van der Waals surface area (Å²) in [5.74, 6) is -1.05. The molecular formula is C9H8BO2. The number of rotatable bonds is 1. The van der Waals surface area contributed by atoms with Crippen LogP contribution in [0.4, 0.5) is 0 Å². The first-order valence-electron chi connectivity index (χ1n) is 3.93. The van der Waals surface area contributed by atoms with E-state index in [9.17, 15) is 4.79 Å². The number of fused-ring (bicyclic) bond motifs is 1. The monoisotopic (exact) mass is 159 g/mol. The van der Waals surface area contributed by atoms with Crippen LogP contribution in [-0.4, -0.2) is 18.4 Å². The van der Waals surface area contributed by atoms with Crippen molar-refractivity contribution in [1.29, 1.82) is 0 Å². The molecule has 12 heavy (non-hydrogen) atoms. The van der Waals surface area contributed by atoms with E-state index in [1.54, 1.807) is 0 Å². The highest BCUT2D eigenvalue weighted by atomic mass is 16.4. The zero-order valence-corrected chi connectivity index (χ0v) is 6.53. The van der Waals surface area contributed by atoms with Crippen molar-refractivity contribution in [2.45, 2.75) is 12.2 Å². The smallest absolute Gasteiger partial charge is 0.299 e. The summed E-state index contributed by atoms with van der Waals surface area (Å²) in [6.45, 7) is 0. The van der Waals surface area contributed by atoms with Gasteiger partial charge in [0.05, 0.1) is 0 Å². The van der Waals surface area contributed by atoms with Gasteiger partial charge in [-0.15, -0.1) is 0 Å². The normalized spacial score (nSPS) is 19.8. The molecule has 0 unspecified atom stereocenters. The molecule has 0 saturated heterocycles. The average Bonchev–Trinajstić information content (AvgIpc) is 2.46. The molecule has 0 amide bonds. The maximum absolute atomic E-state index is 10.6. The van der Waals surface area contributed by atoms with Gasteiger partial charge in [-0.25, -0.2) is 0 Å². The Balaban J connectivity index is 2.27. The van der Waals surface area contributed by atoms with Gasteiger partial charge in [0.2, 0.25) is 0 Å². The van der Waals surface area contributed by atoms with Crippen LogP contribution in [-0.2, 0) is 11.2 Å². The zero-order chi connectivity index (χ0) is 8.55. The molecule has 0 fully saturated rings. The summed E-state index contributed by atoms with van der Waals surface area (Å²) in [6, 6.07) is 7.81. The molecule has 1 heterocycles. The number of hydrogen-bond acceptors (Lipinski definition) is 1. The Hall–Kier alpha value is -1.25. The second-order valence-corrected chi connectivity index (χ2v) is 3.01. The van der Waals surface area contributed by atoms with E-state index in [0.29, 0.717) is 6.42 Å². The van der Waals surface area contributed by atoms with Gasteiger partial charge in [0.25, 0.3) is 5.97 Å². The van der Waals surface area contributed by atoms with E-state index in [-0.39, 0.29) is 5.82 Å². The fourth-order valence-electron chi connectivity index (χ4n) is 1.55. The van der Waals surface area contributed by atoms with Crippen molar-refractivity contribution in [2.24, 2.45) is 0 Å². The van der Waals surface area contributed by atoms with Gasteiger partial charge in [0.15, 0.2) is 7.28 Å². The average molecular weight is 159 g/mol. The minimum atomic E-state index is -0.730. The standard InChI is InChI=1S/C9H8BO2/c11-9(12)8-5-6-3-1-2-4-7(6)10-8/h1-4,8H,5H2,(H,11,12)/t8-/m0/s1. The Labute approximate surface area is 71.5 Å². The highest BCUT2D eigenvalue weighted by molar-refractivity contribution is 6.61. The van der Waals surface area contributed by atoms with E-state index < -0.39 is 5.97 Å². The van der Waals surface area contributed by atoms with Gasteiger partial charge >= 0.3 is 0 Å². The lowest BCUT2D eigenvalue weighted by atomic mass is 9.64. The lowest BCUT2D eigenvalue weighted by molar-refractivity contribution is -0.136. The Morgan fingerprint density at radius 1 is 1.50 bits per heavy atom. The van der Waals surface area contributed by atoms with Crippen LogP contribution in [0.2, 0.25) is 5.82 Å². The fraction of sp³-hybridized carbons (Fsp3) is 0.222. The van der Waals surface area contributed by atoms with Gasteiger partial charge in [0, 0.05) is 5.82 Å². The summed E-state index contributed by atoms with van der Waals surface area (Å²) in [4.78, 5) is 10.6. The quantitative estimate of drug-likeness (QED) is 0.603. The maximum atomic E-state index is 10.6. The number of aliphatic carboxylic acids is 1. The molecular weight excluding hydrogens is 151 g/mol. The van der Waals surface area contributed by atoms with Crippen LogP contribution in [0.3, 0.4) is 0 Å². The molecule has 3 heteroatoms. The molecule has 0 aromatic heterocycles. The van der Waals surface area contributed by atoms with Crippen molar-refractivity contribution in [2.75, 3.05) is 0 Å². The molecule has 1 atom stereocenters. The molecule has 0 saturated carbocycles. The molecule has 2 rings (SSSR count). The molecule has 2 nitrogen and oxygen atoms in total. The SMILES string of the molecule is O=C(O)[C@H]1[B]c2ccccc2C1. The molecule has 0 bridgehead atoms. The fourth-order valence-corrected chi connectivity index (χ4v) is 1.55. The third kappa shape index (κ3) is 1.11. The van der Waals surface area contributed by atoms with Crippen LogP contribution in [0.5, 0.6) is 0 Å². The predicted octanol–water partition coefficient (Wildman–Crippen LogP) is 0.445. The maximum Gasteiger partial charge on any atom is 0.299 e. The first kappa shape index (κ1) is 7.41. The largest absolute Gasteiger partial charge is 0.482 e. The zero-order valence-electron chi connectivity index (χ0n) is 6.53. The van der Waals surface area contributed by atoms with Crippen molar-refractivity contribution >= 4 is 18.7 Å². The van der Waals surface area contributed by atoms with E-state index in [2.05, 4.69) is 0 Å². The topological polar surface area (TPSA) is 37.3 Å². The first-order valence-corrected chi connectivity index (χ1v) is 3.93. The van der Waals surface area contributed by atoms with E-state index in [0.717, 1.165) is 11.0 Å². The summed E-state index contributed by atoms with van der Waals surface area (Å²) in [5.41, 5.74) is 2.22. The van der Waals surface area contributed by atoms with Gasteiger partial charge in [-0.2, -0.15) is 0 Å². The molecule has 1 radical (unpaired) electrons. The van der Waals surface area contributed by atoms with Gasteiger partial charge in [0.1, 0.15) is 0 Å². The van der Waals surface area contributed by atoms with Crippen LogP contribution < -0.4 is 5.46 Å². The summed E-state index contributed by atoms with van der Waals surface area (Å²) < 4.78 is 0. The lowest BCUT2D eigenvalue weighted by Crippen LogP contribution is -2.17. The molecule has 1 aliphatic rings. The summed E-state index contributed by atoms with van der Waals surface area (Å²) in [5, 5.41) is 8.75. The van der Waals surface area contributed by atoms with Crippen molar-refractivity contribution in [3.63, 3.8) is 0 Å². The number of carboxylic acids is 1. The van der Waals surface area contributed by atoms with E-state index in [4.69, 9.17) is 5.11 Å². The van der Waals surface area contributed by atoms with Crippen molar-refractivity contribution < 1.29 is 9.90 Å². The number of carboxylic acid groups (broad SMARTS) is 1. The van der Waals surface area contributed by atoms with Gasteiger partial charge in [-0.05, 0) is 6.42 Å². The number of hydrogen-bond donors (Lipinski definition) is 1. The van der Waals surface area contributed by atoms with Crippen LogP contribution in [0, 0.1) is 0 Å². The third-order valence-electron chi connectivity index (χ3n) is 2.19. The summed E-state index contributed by atoms with van der Waals surface area (Å²) >= 11 is 0. The predicted molar refractivity (Wildman–Crippen MR) is 46.9 cm³/mol. The minimum absolute atomic E-state index is 0.317. The number of carbonyl (C=O) groups is 1. The second-order valence-electron chi connectivity index (χ2n) is 3.01. The molecule has 1 aromatic rings. The lowest BCUT2D eigenvalue weighted by Gasteiger charge is -1.97. The summed E-state index contributed by atoms with van der Waals surface area (Å²) in [6.07, 6.45) is 0.644. The molecule has 1 aromatic carbocycles. The molecule has 0 spiro atoms. The van der Waals surface area contributed by atoms with Crippen LogP contribution in [0.15, 0.2) is 24.3 Å². The highest BCUT2D eigenvalue weighted by Crippen LogP contribution is 2.18. The van der Waals surface area contributed by atoms with Crippen molar-refractivity contribution in [3.05, 3.63) is 29.8 Å². The number of benzene rings is 1. The minimum Gasteiger partial charge on any atom is -0.482 e. The van der Waals surface area contributed by atoms with Crippen molar-refractivity contribution in [1.82, 2.24) is 0 Å². The third-order valence-corrected chi connectivity index (χ3v) is 2.19. The van der Waals surface area contributed by atoms with Crippen molar-refractivity contribution in [3.8, 4) is 0 Å². The van der Waals surface area contributed by atoms with Gasteiger partial charge < -0.3 is 5.11 Å². The first-order chi connectivity index (χ1) is 5.77. The molecule has 59 valence electrons. The second kappa shape index (κ2) is 2.66. The van der Waals surface area contributed by atoms with Crippen LogP contribution in [0.25, 0.3) is 0 Å². The van der Waals surface area contributed by atoms with E-state index >= 15 is 0 Å². The highest BCUT2D eigenvalue weighted by Gasteiger charge is 2.27. The Bertz CT molecular complexity index is 297. The van der Waals surface area contributed by atoms with E-state index in [1.165, 1.54) is 0 Å². The Morgan fingerprint density at radius 2 is 2.25 bits per heavy atom.